The molecule has 0 bridgehead atoms. The van der Waals surface area contributed by atoms with E-state index in [1.165, 1.54) is 10.9 Å². The molecule has 7 nitrogen and oxygen atoms in total. The van der Waals surface area contributed by atoms with Gasteiger partial charge in [-0.2, -0.15) is 0 Å². The molecule has 1 aromatic rings. The highest BCUT2D eigenvalue weighted by atomic mass is 16.5. The van der Waals surface area contributed by atoms with Crippen molar-refractivity contribution in [3.8, 4) is 0 Å². The van der Waals surface area contributed by atoms with Crippen molar-refractivity contribution in [3.05, 3.63) is 6.20 Å². The third-order valence-corrected chi connectivity index (χ3v) is 1.22. The molecule has 0 spiro atoms. The molecule has 0 N–H and O–H groups in total. The van der Waals surface area contributed by atoms with Crippen LogP contribution in [0.2, 0.25) is 0 Å². The van der Waals surface area contributed by atoms with E-state index >= 15 is 0 Å². The summed E-state index contributed by atoms with van der Waals surface area (Å²) < 4.78 is 10.3. The fraction of sp³-hybridized carbons (Fsp3) is 0.429. The van der Waals surface area contributed by atoms with Crippen LogP contribution in [0.1, 0.15) is 6.92 Å². The van der Waals surface area contributed by atoms with Gasteiger partial charge in [-0.15, -0.1) is 0 Å². The topological polar surface area (TPSA) is 91.6 Å². The normalized spacial score (nSPS) is 11.4. The van der Waals surface area contributed by atoms with Crippen LogP contribution in [0.3, 0.4) is 0 Å². The molecule has 76 valence electrons. The first-order chi connectivity index (χ1) is 6.63. The summed E-state index contributed by atoms with van der Waals surface area (Å²) in [5.74, 6) is -2.05. The van der Waals surface area contributed by atoms with E-state index in [2.05, 4.69) is 19.5 Å². The van der Waals surface area contributed by atoms with Crippen molar-refractivity contribution in [2.75, 3.05) is 6.61 Å². The summed E-state index contributed by atoms with van der Waals surface area (Å²) in [6.45, 7) is 1.73. The van der Waals surface area contributed by atoms with E-state index in [0.717, 1.165) is 0 Å². The van der Waals surface area contributed by atoms with E-state index in [4.69, 9.17) is 0 Å². The number of aryl methyl sites for hydroxylation is 1. The van der Waals surface area contributed by atoms with Gasteiger partial charge in [-0.05, 0) is 6.92 Å². The van der Waals surface area contributed by atoms with Crippen LogP contribution >= 0.6 is 0 Å². The summed E-state index contributed by atoms with van der Waals surface area (Å²) in [4.78, 5) is 14.2. The van der Waals surface area contributed by atoms with E-state index < -0.39 is 11.9 Å². The SMILES string of the molecule is CCOC(=O)/C([O-])=N/c1c[n+](C)no1. The second-order valence-corrected chi connectivity index (χ2v) is 2.35. The first-order valence-corrected chi connectivity index (χ1v) is 3.89. The fourth-order valence-corrected chi connectivity index (χ4v) is 0.701. The zero-order valence-corrected chi connectivity index (χ0v) is 7.76. The average molecular weight is 199 g/mol. The van der Waals surface area contributed by atoms with Crippen molar-refractivity contribution in [3.63, 3.8) is 0 Å². The van der Waals surface area contributed by atoms with Crippen LogP contribution in [0, 0.1) is 0 Å². The molecule has 0 aromatic carbocycles. The molecular formula is C7H9N3O4. The highest BCUT2D eigenvalue weighted by molar-refractivity contribution is 6.30. The van der Waals surface area contributed by atoms with E-state index in [-0.39, 0.29) is 12.5 Å². The molecule has 0 radical (unpaired) electrons. The molecule has 1 heterocycles. The van der Waals surface area contributed by atoms with Crippen LogP contribution in [-0.2, 0) is 16.6 Å². The number of ether oxygens (including phenoxy) is 1. The summed E-state index contributed by atoms with van der Waals surface area (Å²) >= 11 is 0. The Morgan fingerprint density at radius 2 is 2.57 bits per heavy atom. The van der Waals surface area contributed by atoms with Gasteiger partial charge in [0.15, 0.2) is 12.3 Å². The van der Waals surface area contributed by atoms with Crippen molar-refractivity contribution < 1.29 is 23.8 Å². The average Bonchev–Trinajstić information content (AvgIpc) is 2.51. The third kappa shape index (κ3) is 2.54. The minimum Gasteiger partial charge on any atom is -0.853 e. The minimum atomic E-state index is -1.01. The predicted molar refractivity (Wildman–Crippen MR) is 41.4 cm³/mol. The first kappa shape index (κ1) is 10.2. The van der Waals surface area contributed by atoms with Gasteiger partial charge in [0, 0.05) is 0 Å². The number of carbonyl (C=O) groups excluding carboxylic acids is 1. The Morgan fingerprint density at radius 1 is 1.86 bits per heavy atom. The van der Waals surface area contributed by atoms with E-state index in [1.54, 1.807) is 14.0 Å². The Kier molecular flexibility index (Phi) is 3.16. The summed E-state index contributed by atoms with van der Waals surface area (Å²) in [5.41, 5.74) is 0. The number of nitrogens with zero attached hydrogens (tertiary/aromatic N) is 3. The van der Waals surface area contributed by atoms with Crippen molar-refractivity contribution >= 4 is 17.8 Å². The molecule has 0 unspecified atom stereocenters. The van der Waals surface area contributed by atoms with Crippen LogP contribution in [0.15, 0.2) is 15.7 Å². The Bertz CT molecular complexity index is 358. The van der Waals surface area contributed by atoms with Crippen molar-refractivity contribution in [1.82, 2.24) is 5.27 Å². The molecule has 1 rings (SSSR count). The molecule has 0 fully saturated rings. The third-order valence-electron chi connectivity index (χ3n) is 1.22. The lowest BCUT2D eigenvalue weighted by Crippen LogP contribution is -2.30. The maximum absolute atomic E-state index is 11.0. The largest absolute Gasteiger partial charge is 0.853 e. The molecule has 7 heteroatoms. The zero-order valence-electron chi connectivity index (χ0n) is 7.76. The quantitative estimate of drug-likeness (QED) is 0.249. The molecule has 0 aliphatic rings. The van der Waals surface area contributed by atoms with Crippen LogP contribution in [0.5, 0.6) is 0 Å². The first-order valence-electron chi connectivity index (χ1n) is 3.89. The zero-order chi connectivity index (χ0) is 10.6. The van der Waals surface area contributed by atoms with Gasteiger partial charge in [0.1, 0.15) is 0 Å². The summed E-state index contributed by atoms with van der Waals surface area (Å²) in [6.07, 6.45) is 1.36. The van der Waals surface area contributed by atoms with Gasteiger partial charge < -0.3 is 9.84 Å². The molecule has 14 heavy (non-hydrogen) atoms. The number of esters is 1. The minimum absolute atomic E-state index is 0.0365. The standard InChI is InChI=1S/C7H9N3O4/c1-3-13-7(12)6(11)8-5-4-10(2)9-14-5/h4H,3H2,1-2H3. The van der Waals surface area contributed by atoms with Crippen LogP contribution in [-0.4, -0.2) is 23.7 Å². The Labute approximate surface area is 79.6 Å². The molecule has 1 aromatic heterocycles. The van der Waals surface area contributed by atoms with Gasteiger partial charge in [0.2, 0.25) is 0 Å². The Hall–Kier alpha value is -1.92. The van der Waals surface area contributed by atoms with E-state index in [0.29, 0.717) is 0 Å². The number of rotatable bonds is 2. The molecule has 0 saturated carbocycles. The second kappa shape index (κ2) is 4.35. The predicted octanol–water partition coefficient (Wildman–Crippen LogP) is -1.55. The van der Waals surface area contributed by atoms with Gasteiger partial charge in [0.25, 0.3) is 6.20 Å². The molecule has 0 amide bonds. The maximum Gasteiger partial charge on any atom is 0.341 e. The van der Waals surface area contributed by atoms with Gasteiger partial charge in [-0.1, -0.05) is 4.68 Å². The van der Waals surface area contributed by atoms with Gasteiger partial charge >= 0.3 is 11.9 Å². The molecule has 0 aliphatic carbocycles. The highest BCUT2D eigenvalue weighted by Crippen LogP contribution is 2.04. The number of aromatic nitrogens is 2. The summed E-state index contributed by atoms with van der Waals surface area (Å²) in [5, 5.41) is 14.4. The van der Waals surface area contributed by atoms with E-state index in [1.807, 2.05) is 0 Å². The van der Waals surface area contributed by atoms with Crippen LogP contribution in [0.25, 0.3) is 0 Å². The lowest BCUT2D eigenvalue weighted by atomic mass is 10.6. The smallest absolute Gasteiger partial charge is 0.341 e. The van der Waals surface area contributed by atoms with E-state index in [9.17, 15) is 9.90 Å². The maximum atomic E-state index is 11.0. The Morgan fingerprint density at radius 3 is 3.07 bits per heavy atom. The van der Waals surface area contributed by atoms with Crippen LogP contribution in [0.4, 0.5) is 5.88 Å². The van der Waals surface area contributed by atoms with Crippen molar-refractivity contribution in [1.29, 1.82) is 0 Å². The van der Waals surface area contributed by atoms with Gasteiger partial charge in [-0.3, -0.25) is 4.52 Å². The molecule has 0 atom stereocenters. The van der Waals surface area contributed by atoms with Gasteiger partial charge in [0.05, 0.1) is 12.5 Å². The Balaban J connectivity index is 2.73. The lowest BCUT2D eigenvalue weighted by molar-refractivity contribution is -0.739. The monoisotopic (exact) mass is 199 g/mol. The lowest BCUT2D eigenvalue weighted by Gasteiger charge is -2.06. The number of carbonyl (C=O) groups is 1. The highest BCUT2D eigenvalue weighted by Gasteiger charge is 2.07. The summed E-state index contributed by atoms with van der Waals surface area (Å²) in [7, 11) is 1.59. The van der Waals surface area contributed by atoms with Crippen molar-refractivity contribution in [2.24, 2.45) is 12.0 Å². The number of hydrogen-bond donors (Lipinski definition) is 0. The number of hydrogen-bond acceptors (Lipinski definition) is 6. The van der Waals surface area contributed by atoms with Crippen molar-refractivity contribution in [2.45, 2.75) is 6.92 Å². The summed E-state index contributed by atoms with van der Waals surface area (Å²) in [6, 6.07) is 0. The van der Waals surface area contributed by atoms with Gasteiger partial charge in [-0.25, -0.2) is 9.79 Å². The number of aliphatic imine (C=N–C) groups is 1. The van der Waals surface area contributed by atoms with Crippen LogP contribution < -0.4 is 9.79 Å². The second-order valence-electron chi connectivity index (χ2n) is 2.35. The molecule has 0 saturated heterocycles. The molecule has 0 aliphatic heterocycles. The fourth-order valence-electron chi connectivity index (χ4n) is 0.701. The molecular weight excluding hydrogens is 190 g/mol.